The third-order valence-corrected chi connectivity index (χ3v) is 16.2. The zero-order chi connectivity index (χ0) is 62.4. The summed E-state index contributed by atoms with van der Waals surface area (Å²) < 4.78 is 60.7. The van der Waals surface area contributed by atoms with Crippen LogP contribution in [-0.2, 0) is 55.8 Å². The van der Waals surface area contributed by atoms with E-state index in [1.807, 2.05) is 0 Å². The molecule has 16 nitrogen and oxygen atoms in total. The molecule has 0 aromatic heterocycles. The summed E-state index contributed by atoms with van der Waals surface area (Å²) in [5, 5.41) is 20.5. The fourth-order valence-electron chi connectivity index (χ4n) is 9.13. The SMILES string of the molecule is CC/C=C\C/C=C\C/C=C\C/C=C\C/C=C\CCCCCCCCCCCCCC(=O)OCC(O)COP(=O)(O)OCC(O)COP(=O)(O)OCC(COC(=O)CCCCCCCCCCCCC)OC(=O)CCCCCCCCCCCCC. The van der Waals surface area contributed by atoms with Crippen LogP contribution in [0.5, 0.6) is 0 Å². The van der Waals surface area contributed by atoms with Crippen molar-refractivity contribution >= 4 is 33.6 Å². The van der Waals surface area contributed by atoms with Gasteiger partial charge in [-0.25, -0.2) is 9.13 Å². The molecule has 0 rings (SSSR count). The maximum Gasteiger partial charge on any atom is 0.472 e. The number of esters is 3. The Balaban J connectivity index is 4.38. The molecule has 0 fully saturated rings. The summed E-state index contributed by atoms with van der Waals surface area (Å²) in [4.78, 5) is 58.1. The Kier molecular flexibility index (Phi) is 59.5. The second-order valence-electron chi connectivity index (χ2n) is 22.6. The summed E-state index contributed by atoms with van der Waals surface area (Å²) >= 11 is 0. The quantitative estimate of drug-likeness (QED) is 0.0146. The van der Waals surface area contributed by atoms with Crippen molar-refractivity contribution in [3.05, 3.63) is 60.8 Å². The topological polar surface area (TPSA) is 231 Å². The Morgan fingerprint density at radius 3 is 0.988 bits per heavy atom. The highest BCUT2D eigenvalue weighted by molar-refractivity contribution is 7.47. The molecule has 0 amide bonds. The Hall–Kier alpha value is -2.75. The van der Waals surface area contributed by atoms with Gasteiger partial charge in [0.2, 0.25) is 0 Å². The number of unbranched alkanes of at least 4 members (excludes halogenated alkanes) is 31. The van der Waals surface area contributed by atoms with E-state index >= 15 is 0 Å². The zero-order valence-corrected chi connectivity index (χ0v) is 55.3. The van der Waals surface area contributed by atoms with Crippen LogP contribution in [0.2, 0.25) is 0 Å². The van der Waals surface area contributed by atoms with Crippen molar-refractivity contribution < 1.29 is 75.8 Å². The molecule has 0 aliphatic rings. The van der Waals surface area contributed by atoms with E-state index in [0.29, 0.717) is 19.3 Å². The summed E-state index contributed by atoms with van der Waals surface area (Å²) in [6.07, 6.45) is 61.6. The van der Waals surface area contributed by atoms with E-state index in [0.717, 1.165) is 103 Å². The molecule has 0 saturated carbocycles. The molecular weight excluding hydrogens is 1120 g/mol. The summed E-state index contributed by atoms with van der Waals surface area (Å²) in [6, 6.07) is 0. The summed E-state index contributed by atoms with van der Waals surface area (Å²) in [6.45, 7) is 2.55. The molecule has 4 N–H and O–H groups in total. The fraction of sp³-hybridized carbons (Fsp3) is 0.806. The number of hydrogen-bond acceptors (Lipinski definition) is 14. The minimum atomic E-state index is -4.90. The van der Waals surface area contributed by atoms with Crippen LogP contribution < -0.4 is 0 Å². The summed E-state index contributed by atoms with van der Waals surface area (Å²) in [7, 11) is -9.75. The highest BCUT2D eigenvalue weighted by Crippen LogP contribution is 2.45. The number of carbonyl (C=O) groups is 3. The van der Waals surface area contributed by atoms with E-state index in [9.17, 15) is 43.5 Å². The van der Waals surface area contributed by atoms with Crippen molar-refractivity contribution in [3.63, 3.8) is 0 Å². The van der Waals surface area contributed by atoms with Gasteiger partial charge in [-0.3, -0.25) is 32.5 Å². The van der Waals surface area contributed by atoms with Gasteiger partial charge in [0.25, 0.3) is 0 Å². The highest BCUT2D eigenvalue weighted by atomic mass is 31.2. The Morgan fingerprint density at radius 2 is 0.624 bits per heavy atom. The van der Waals surface area contributed by atoms with Crippen LogP contribution in [0.1, 0.15) is 290 Å². The molecule has 18 heteroatoms. The number of aliphatic hydroxyl groups excluding tert-OH is 2. The van der Waals surface area contributed by atoms with Gasteiger partial charge in [0.1, 0.15) is 25.4 Å². The molecule has 5 atom stereocenters. The van der Waals surface area contributed by atoms with Gasteiger partial charge in [0.05, 0.1) is 26.4 Å². The van der Waals surface area contributed by atoms with Gasteiger partial charge in [-0.2, -0.15) is 0 Å². The minimum absolute atomic E-state index is 0.112. The molecule has 0 aliphatic carbocycles. The predicted octanol–water partition coefficient (Wildman–Crippen LogP) is 18.2. The monoisotopic (exact) mass is 1240 g/mol. The molecule has 85 heavy (non-hydrogen) atoms. The van der Waals surface area contributed by atoms with Gasteiger partial charge in [-0.1, -0.05) is 268 Å². The third kappa shape index (κ3) is 62.7. The number of carbonyl (C=O) groups excluding carboxylic acids is 3. The van der Waals surface area contributed by atoms with Gasteiger partial charge in [0, 0.05) is 19.3 Å². The first-order valence-electron chi connectivity index (χ1n) is 33.6. The number of phosphoric acid groups is 2. The number of rotatable bonds is 64. The fourth-order valence-corrected chi connectivity index (χ4v) is 10.7. The molecule has 0 radical (unpaired) electrons. The van der Waals surface area contributed by atoms with Crippen LogP contribution in [-0.4, -0.2) is 95.9 Å². The number of aliphatic hydroxyl groups is 2. The van der Waals surface area contributed by atoms with Crippen LogP contribution >= 0.6 is 15.6 Å². The van der Waals surface area contributed by atoms with Crippen molar-refractivity contribution in [3.8, 4) is 0 Å². The second-order valence-corrected chi connectivity index (χ2v) is 25.5. The van der Waals surface area contributed by atoms with E-state index in [-0.39, 0.29) is 19.3 Å². The molecule has 0 spiro atoms. The molecule has 0 heterocycles. The maximum atomic E-state index is 12.8. The summed E-state index contributed by atoms with van der Waals surface area (Å²) in [5.41, 5.74) is 0. The number of allylic oxidation sites excluding steroid dienone is 10. The van der Waals surface area contributed by atoms with E-state index < -0.39 is 91.5 Å². The van der Waals surface area contributed by atoms with Crippen LogP contribution in [0.25, 0.3) is 0 Å². The van der Waals surface area contributed by atoms with E-state index in [1.165, 1.54) is 128 Å². The van der Waals surface area contributed by atoms with Gasteiger partial charge in [-0.15, -0.1) is 0 Å². The first kappa shape index (κ1) is 82.2. The van der Waals surface area contributed by atoms with Crippen molar-refractivity contribution in [1.82, 2.24) is 0 Å². The lowest BCUT2D eigenvalue weighted by Gasteiger charge is -2.21. The molecule has 0 saturated heterocycles. The first-order valence-corrected chi connectivity index (χ1v) is 36.6. The van der Waals surface area contributed by atoms with E-state index in [4.69, 9.17) is 32.3 Å². The van der Waals surface area contributed by atoms with Crippen molar-refractivity contribution in [2.24, 2.45) is 0 Å². The molecule has 5 unspecified atom stereocenters. The summed E-state index contributed by atoms with van der Waals surface area (Å²) in [5.74, 6) is -1.56. The predicted molar refractivity (Wildman–Crippen MR) is 344 cm³/mol. The first-order chi connectivity index (χ1) is 41.2. The van der Waals surface area contributed by atoms with Crippen LogP contribution in [0.4, 0.5) is 0 Å². The van der Waals surface area contributed by atoms with E-state index in [2.05, 4.69) is 81.5 Å². The minimum Gasteiger partial charge on any atom is -0.463 e. The lowest BCUT2D eigenvalue weighted by molar-refractivity contribution is -0.161. The second kappa shape index (κ2) is 61.5. The smallest absolute Gasteiger partial charge is 0.463 e. The normalized spacial score (nSPS) is 14.7. The Morgan fingerprint density at radius 1 is 0.341 bits per heavy atom. The van der Waals surface area contributed by atoms with Gasteiger partial charge < -0.3 is 34.2 Å². The standard InChI is InChI=1S/C67H122O16P2/c1-4-7-10-13-16-19-22-23-24-25-26-27-28-29-30-31-32-33-34-35-36-37-40-42-44-47-50-53-65(70)77-56-62(68)57-79-84(73,74)80-58-63(69)59-81-85(75,76)82-61-64(83-67(72)55-52-49-46-43-39-21-18-15-12-9-6-3)60-78-66(71)54-51-48-45-41-38-20-17-14-11-8-5-2/h7,10,16,19,23-24,26-27,29-30,62-64,68-69H,4-6,8-9,11-15,17-18,20-22,25,28,31-61H2,1-3H3,(H,73,74)(H,75,76)/b10-7-,19-16-,24-23-,27-26-,30-29-. The third-order valence-electron chi connectivity index (χ3n) is 14.3. The average molecular weight is 1250 g/mol. The van der Waals surface area contributed by atoms with Crippen molar-refractivity contribution in [2.45, 2.75) is 309 Å². The van der Waals surface area contributed by atoms with Crippen LogP contribution in [0, 0.1) is 0 Å². The van der Waals surface area contributed by atoms with Gasteiger partial charge in [-0.05, 0) is 64.2 Å². The molecule has 0 bridgehead atoms. The highest BCUT2D eigenvalue weighted by Gasteiger charge is 2.29. The Bertz CT molecular complexity index is 1800. The Labute approximate surface area is 516 Å². The molecule has 0 aromatic rings. The zero-order valence-electron chi connectivity index (χ0n) is 53.5. The lowest BCUT2D eigenvalue weighted by Crippen LogP contribution is -2.30. The number of ether oxygens (including phenoxy) is 3. The maximum absolute atomic E-state index is 12.8. The average Bonchev–Trinajstić information content (AvgIpc) is 3.55. The van der Waals surface area contributed by atoms with Gasteiger partial charge in [0.15, 0.2) is 6.10 Å². The number of hydrogen-bond donors (Lipinski definition) is 4. The van der Waals surface area contributed by atoms with Gasteiger partial charge >= 0.3 is 33.6 Å². The largest absolute Gasteiger partial charge is 0.472 e. The van der Waals surface area contributed by atoms with E-state index in [1.54, 1.807) is 0 Å². The van der Waals surface area contributed by atoms with Crippen molar-refractivity contribution in [2.75, 3.05) is 39.6 Å². The van der Waals surface area contributed by atoms with Crippen molar-refractivity contribution in [1.29, 1.82) is 0 Å². The molecular formula is C67H122O16P2. The molecule has 0 aliphatic heterocycles. The van der Waals surface area contributed by atoms with Crippen LogP contribution in [0.15, 0.2) is 60.8 Å². The molecule has 496 valence electrons. The lowest BCUT2D eigenvalue weighted by atomic mass is 10.0. The number of phosphoric ester groups is 2. The molecule has 0 aromatic carbocycles. The van der Waals surface area contributed by atoms with Crippen LogP contribution in [0.3, 0.4) is 0 Å².